The lowest BCUT2D eigenvalue weighted by Gasteiger charge is -2.24. The van der Waals surface area contributed by atoms with E-state index in [1.54, 1.807) is 0 Å². The first-order valence-electron chi connectivity index (χ1n) is 4.41. The van der Waals surface area contributed by atoms with Crippen LogP contribution in [0.15, 0.2) is 0 Å². The average molecular weight is 157 g/mol. The van der Waals surface area contributed by atoms with Crippen LogP contribution in [0.25, 0.3) is 0 Å². The van der Waals surface area contributed by atoms with Gasteiger partial charge in [0.25, 0.3) is 0 Å². The third-order valence-electron chi connectivity index (χ3n) is 1.74. The van der Waals surface area contributed by atoms with Gasteiger partial charge in [0.1, 0.15) is 0 Å². The zero-order valence-electron chi connectivity index (χ0n) is 8.24. The van der Waals surface area contributed by atoms with Gasteiger partial charge in [-0.3, -0.25) is 0 Å². The Balaban J connectivity index is 3.38. The van der Waals surface area contributed by atoms with Crippen molar-refractivity contribution < 1.29 is 4.74 Å². The maximum atomic E-state index is 5.55. The highest BCUT2D eigenvalue weighted by atomic mass is 16.5. The first-order chi connectivity index (χ1) is 5.12. The Hall–Kier alpha value is -0.0151. The van der Waals surface area contributed by atoms with E-state index in [-0.39, 0.29) is 5.60 Å². The molecule has 0 bridgehead atoms. The topological polar surface area (TPSA) is 21.3 Å². The normalized spacial score (nSPS) is 11.9. The van der Waals surface area contributed by atoms with E-state index >= 15 is 0 Å². The fourth-order valence-corrected chi connectivity index (χ4v) is 1.15. The standard InChI is InChI=1S/C8H20BNO/c1-4-11-8(2,3)6-5-7-10-9/h10H,4-7,9H2,1-3H3. The third-order valence-corrected chi connectivity index (χ3v) is 1.74. The van der Waals surface area contributed by atoms with Gasteiger partial charge in [0, 0.05) is 6.61 Å². The van der Waals surface area contributed by atoms with Crippen LogP contribution in [0.5, 0.6) is 0 Å². The quantitative estimate of drug-likeness (QED) is 0.453. The van der Waals surface area contributed by atoms with Gasteiger partial charge in [-0.15, -0.1) is 0 Å². The molecule has 0 spiro atoms. The molecule has 2 nitrogen and oxygen atoms in total. The van der Waals surface area contributed by atoms with E-state index in [9.17, 15) is 0 Å². The molecular formula is C8H20BNO. The molecule has 0 saturated carbocycles. The monoisotopic (exact) mass is 157 g/mol. The number of rotatable bonds is 6. The number of hydrogen-bond acceptors (Lipinski definition) is 2. The van der Waals surface area contributed by atoms with Crippen LogP contribution in [0.2, 0.25) is 0 Å². The van der Waals surface area contributed by atoms with Crippen LogP contribution in [0, 0.1) is 0 Å². The van der Waals surface area contributed by atoms with Crippen molar-refractivity contribution in [3.63, 3.8) is 0 Å². The van der Waals surface area contributed by atoms with Crippen molar-refractivity contribution in [3.05, 3.63) is 0 Å². The molecule has 0 saturated heterocycles. The van der Waals surface area contributed by atoms with Crippen LogP contribution in [0.1, 0.15) is 33.6 Å². The van der Waals surface area contributed by atoms with E-state index in [0.717, 1.165) is 19.6 Å². The lowest BCUT2D eigenvalue weighted by molar-refractivity contribution is -0.0170. The summed E-state index contributed by atoms with van der Waals surface area (Å²) >= 11 is 0. The van der Waals surface area contributed by atoms with E-state index in [0.29, 0.717) is 0 Å². The largest absolute Gasteiger partial charge is 0.376 e. The van der Waals surface area contributed by atoms with Crippen LogP contribution in [-0.4, -0.2) is 26.7 Å². The van der Waals surface area contributed by atoms with Gasteiger partial charge in [0.15, 0.2) is 7.98 Å². The summed E-state index contributed by atoms with van der Waals surface area (Å²) in [6, 6.07) is 0. The summed E-state index contributed by atoms with van der Waals surface area (Å²) in [5.74, 6) is 0. The van der Waals surface area contributed by atoms with Crippen molar-refractivity contribution in [2.45, 2.75) is 39.2 Å². The molecule has 0 aliphatic heterocycles. The van der Waals surface area contributed by atoms with Gasteiger partial charge >= 0.3 is 0 Å². The molecule has 0 aliphatic rings. The summed E-state index contributed by atoms with van der Waals surface area (Å²) in [6.07, 6.45) is 2.31. The number of nitrogens with one attached hydrogen (secondary N) is 1. The number of ether oxygens (including phenoxy) is 1. The molecule has 0 atom stereocenters. The second-order valence-electron chi connectivity index (χ2n) is 3.40. The minimum atomic E-state index is 0.0611. The molecule has 3 heteroatoms. The second kappa shape index (κ2) is 5.61. The molecule has 0 aliphatic carbocycles. The minimum Gasteiger partial charge on any atom is -0.376 e. The summed E-state index contributed by atoms with van der Waals surface area (Å²) in [5.41, 5.74) is 0.0611. The van der Waals surface area contributed by atoms with Gasteiger partial charge in [0.2, 0.25) is 0 Å². The third kappa shape index (κ3) is 6.39. The Labute approximate surface area is 71.1 Å². The Bertz CT molecular complexity index is 96.1. The van der Waals surface area contributed by atoms with E-state index in [1.807, 2.05) is 14.9 Å². The minimum absolute atomic E-state index is 0.0611. The van der Waals surface area contributed by atoms with Crippen molar-refractivity contribution in [3.8, 4) is 0 Å². The van der Waals surface area contributed by atoms with Gasteiger partial charge < -0.3 is 9.96 Å². The molecular weight excluding hydrogens is 137 g/mol. The van der Waals surface area contributed by atoms with Crippen molar-refractivity contribution in [2.24, 2.45) is 0 Å². The predicted molar refractivity (Wildman–Crippen MR) is 51.5 cm³/mol. The molecule has 0 aromatic heterocycles. The summed E-state index contributed by atoms with van der Waals surface area (Å²) in [6.45, 7) is 8.22. The van der Waals surface area contributed by atoms with Crippen LogP contribution in [0.4, 0.5) is 0 Å². The molecule has 1 N–H and O–H groups in total. The molecule has 0 radical (unpaired) electrons. The zero-order chi connectivity index (χ0) is 8.74. The van der Waals surface area contributed by atoms with Crippen LogP contribution in [0.3, 0.4) is 0 Å². The SMILES string of the molecule is BNCCCC(C)(C)OCC. The van der Waals surface area contributed by atoms with Gasteiger partial charge in [-0.1, -0.05) is 0 Å². The first kappa shape index (κ1) is 11.0. The molecule has 0 rings (SSSR count). The van der Waals surface area contributed by atoms with E-state index in [2.05, 4.69) is 19.1 Å². The molecule has 0 aromatic carbocycles. The fraction of sp³-hybridized carbons (Fsp3) is 1.00. The first-order valence-corrected chi connectivity index (χ1v) is 4.41. The van der Waals surface area contributed by atoms with Crippen molar-refractivity contribution in [1.82, 2.24) is 5.23 Å². The summed E-state index contributed by atoms with van der Waals surface area (Å²) in [4.78, 5) is 0. The molecule has 0 aromatic rings. The Morgan fingerprint density at radius 1 is 1.45 bits per heavy atom. The smallest absolute Gasteiger partial charge is 0.181 e. The van der Waals surface area contributed by atoms with Gasteiger partial charge in [0.05, 0.1) is 5.60 Å². The van der Waals surface area contributed by atoms with Gasteiger partial charge in [-0.25, -0.2) is 0 Å². The fourth-order valence-electron chi connectivity index (χ4n) is 1.15. The second-order valence-corrected chi connectivity index (χ2v) is 3.40. The lowest BCUT2D eigenvalue weighted by atomic mass is 10.0. The van der Waals surface area contributed by atoms with Gasteiger partial charge in [-0.05, 0) is 40.2 Å². The Morgan fingerprint density at radius 3 is 2.55 bits per heavy atom. The van der Waals surface area contributed by atoms with E-state index in [1.165, 1.54) is 6.42 Å². The highest BCUT2D eigenvalue weighted by Gasteiger charge is 2.15. The van der Waals surface area contributed by atoms with Crippen LogP contribution in [-0.2, 0) is 4.74 Å². The summed E-state index contributed by atoms with van der Waals surface area (Å²) in [5, 5.41) is 3.13. The maximum absolute atomic E-state index is 5.55. The molecule has 0 unspecified atom stereocenters. The molecule has 11 heavy (non-hydrogen) atoms. The van der Waals surface area contributed by atoms with Crippen LogP contribution >= 0.6 is 0 Å². The van der Waals surface area contributed by atoms with Crippen molar-refractivity contribution >= 4 is 7.98 Å². The lowest BCUT2D eigenvalue weighted by Crippen LogP contribution is -2.25. The van der Waals surface area contributed by atoms with E-state index in [4.69, 9.17) is 4.74 Å². The Morgan fingerprint density at radius 2 is 2.09 bits per heavy atom. The maximum Gasteiger partial charge on any atom is 0.181 e. The van der Waals surface area contributed by atoms with Crippen molar-refractivity contribution in [1.29, 1.82) is 0 Å². The zero-order valence-corrected chi connectivity index (χ0v) is 8.24. The van der Waals surface area contributed by atoms with Crippen molar-refractivity contribution in [2.75, 3.05) is 13.2 Å². The summed E-state index contributed by atoms with van der Waals surface area (Å²) in [7, 11) is 1.98. The molecule has 0 amide bonds. The summed E-state index contributed by atoms with van der Waals surface area (Å²) < 4.78 is 5.55. The number of hydrogen-bond donors (Lipinski definition) is 1. The van der Waals surface area contributed by atoms with Gasteiger partial charge in [-0.2, -0.15) is 0 Å². The predicted octanol–water partition coefficient (Wildman–Crippen LogP) is 0.719. The highest BCUT2D eigenvalue weighted by Crippen LogP contribution is 2.15. The average Bonchev–Trinajstić information content (AvgIpc) is 1.87. The molecule has 0 fully saturated rings. The Kier molecular flexibility index (Phi) is 5.60. The highest BCUT2D eigenvalue weighted by molar-refractivity contribution is 6.04. The van der Waals surface area contributed by atoms with Crippen LogP contribution < -0.4 is 5.23 Å². The molecule has 66 valence electrons. The van der Waals surface area contributed by atoms with E-state index < -0.39 is 0 Å². The molecule has 0 heterocycles.